The molecule has 98 valence electrons. The molecular weight excluding hydrogens is 246 g/mol. The third kappa shape index (κ3) is 2.79. The second-order valence-corrected chi connectivity index (χ2v) is 4.31. The monoisotopic (exact) mass is 259 g/mol. The third-order valence-electron chi connectivity index (χ3n) is 2.83. The summed E-state index contributed by atoms with van der Waals surface area (Å²) in [4.78, 5) is 22.0. The predicted molar refractivity (Wildman–Crippen MR) is 72.0 cm³/mol. The second kappa shape index (κ2) is 4.93. The molecule has 0 unspecified atom stereocenters. The molecule has 0 bridgehead atoms. The topological polar surface area (TPSA) is 91.2 Å². The summed E-state index contributed by atoms with van der Waals surface area (Å²) >= 11 is 0. The molecule has 0 fully saturated rings. The lowest BCUT2D eigenvalue weighted by molar-refractivity contribution is -0.384. The number of anilines is 1. The highest BCUT2D eigenvalue weighted by Gasteiger charge is 2.10. The minimum atomic E-state index is -0.485. The number of non-ortho nitro benzene ring substituents is 1. The highest BCUT2D eigenvalue weighted by atomic mass is 16.6. The number of hydrogen-bond acceptors (Lipinski definition) is 4. The van der Waals surface area contributed by atoms with E-state index in [-0.39, 0.29) is 17.8 Å². The van der Waals surface area contributed by atoms with Gasteiger partial charge in [-0.1, -0.05) is 0 Å². The zero-order valence-corrected chi connectivity index (χ0v) is 10.4. The van der Waals surface area contributed by atoms with E-state index < -0.39 is 4.92 Å². The molecule has 0 amide bonds. The van der Waals surface area contributed by atoms with E-state index in [9.17, 15) is 14.9 Å². The molecule has 0 spiro atoms. The first-order valence-electron chi connectivity index (χ1n) is 5.67. The van der Waals surface area contributed by atoms with Gasteiger partial charge in [-0.2, -0.15) is 0 Å². The maximum atomic E-state index is 11.8. The molecule has 2 N–H and O–H groups in total. The van der Waals surface area contributed by atoms with Gasteiger partial charge in [-0.25, -0.2) is 0 Å². The first kappa shape index (κ1) is 12.8. The van der Waals surface area contributed by atoms with Gasteiger partial charge in [-0.3, -0.25) is 14.9 Å². The van der Waals surface area contributed by atoms with Crippen LogP contribution in [0.5, 0.6) is 0 Å². The van der Waals surface area contributed by atoms with E-state index >= 15 is 0 Å². The van der Waals surface area contributed by atoms with Crippen LogP contribution in [0.2, 0.25) is 0 Å². The van der Waals surface area contributed by atoms with E-state index in [1.807, 2.05) is 6.92 Å². The predicted octanol–water partition coefficient (Wildman–Crippen LogP) is 1.70. The number of aromatic nitrogens is 1. The molecule has 19 heavy (non-hydrogen) atoms. The van der Waals surface area contributed by atoms with Gasteiger partial charge >= 0.3 is 0 Å². The summed E-state index contributed by atoms with van der Waals surface area (Å²) in [5, 5.41) is 10.7. The Morgan fingerprint density at radius 3 is 2.68 bits per heavy atom. The fourth-order valence-corrected chi connectivity index (χ4v) is 1.76. The molecule has 0 aliphatic rings. The Morgan fingerprint density at radius 2 is 2.05 bits per heavy atom. The number of nitro groups is 1. The fraction of sp³-hybridized carbons (Fsp3) is 0.154. The van der Waals surface area contributed by atoms with E-state index in [0.29, 0.717) is 11.3 Å². The van der Waals surface area contributed by atoms with Crippen LogP contribution in [-0.2, 0) is 6.54 Å². The lowest BCUT2D eigenvalue weighted by atomic mass is 10.1. The van der Waals surface area contributed by atoms with E-state index in [1.165, 1.54) is 28.8 Å². The zero-order valence-electron chi connectivity index (χ0n) is 10.4. The van der Waals surface area contributed by atoms with Crippen molar-refractivity contribution in [2.45, 2.75) is 13.5 Å². The summed E-state index contributed by atoms with van der Waals surface area (Å²) in [6.07, 6.45) is 1.65. The highest BCUT2D eigenvalue weighted by molar-refractivity contribution is 5.52. The second-order valence-electron chi connectivity index (χ2n) is 4.31. The van der Waals surface area contributed by atoms with Crippen LogP contribution in [0.15, 0.2) is 41.3 Å². The molecule has 0 aliphatic carbocycles. The average Bonchev–Trinajstić information content (AvgIpc) is 2.34. The van der Waals surface area contributed by atoms with Crippen molar-refractivity contribution in [1.29, 1.82) is 0 Å². The molecule has 0 saturated heterocycles. The van der Waals surface area contributed by atoms with Crippen molar-refractivity contribution in [2.24, 2.45) is 0 Å². The maximum absolute atomic E-state index is 11.8. The zero-order chi connectivity index (χ0) is 14.0. The lowest BCUT2D eigenvalue weighted by Crippen LogP contribution is -2.19. The fourth-order valence-electron chi connectivity index (χ4n) is 1.76. The molecule has 1 aromatic carbocycles. The Hall–Kier alpha value is -2.63. The van der Waals surface area contributed by atoms with Crippen LogP contribution in [0.25, 0.3) is 0 Å². The van der Waals surface area contributed by atoms with Gasteiger partial charge in [0.2, 0.25) is 0 Å². The van der Waals surface area contributed by atoms with E-state index in [1.54, 1.807) is 12.3 Å². The molecule has 0 atom stereocenters. The molecule has 1 aromatic heterocycles. The van der Waals surface area contributed by atoms with Crippen LogP contribution in [0, 0.1) is 17.0 Å². The van der Waals surface area contributed by atoms with Gasteiger partial charge in [0, 0.05) is 35.6 Å². The summed E-state index contributed by atoms with van der Waals surface area (Å²) < 4.78 is 1.46. The molecular formula is C13H13N3O3. The number of nitro benzene ring substituents is 1. The number of benzene rings is 1. The Balaban J connectivity index is 2.40. The Kier molecular flexibility index (Phi) is 3.33. The van der Waals surface area contributed by atoms with Crippen LogP contribution >= 0.6 is 0 Å². The number of pyridine rings is 1. The van der Waals surface area contributed by atoms with Gasteiger partial charge in [-0.05, 0) is 24.6 Å². The lowest BCUT2D eigenvalue weighted by Gasteiger charge is -2.08. The molecule has 6 heteroatoms. The molecule has 0 radical (unpaired) electrons. The van der Waals surface area contributed by atoms with Crippen molar-refractivity contribution in [1.82, 2.24) is 4.57 Å². The molecule has 1 heterocycles. The number of rotatable bonds is 3. The first-order chi connectivity index (χ1) is 8.97. The first-order valence-corrected chi connectivity index (χ1v) is 5.67. The Morgan fingerprint density at radius 1 is 1.32 bits per heavy atom. The molecule has 0 saturated carbocycles. The van der Waals surface area contributed by atoms with E-state index in [2.05, 4.69) is 0 Å². The van der Waals surface area contributed by atoms with Crippen molar-refractivity contribution in [3.05, 3.63) is 68.1 Å². The normalized spacial score (nSPS) is 10.4. The van der Waals surface area contributed by atoms with Crippen molar-refractivity contribution in [2.75, 3.05) is 5.73 Å². The SMILES string of the molecule is Cc1ccn(Cc2cc([N+](=O)[O-])ccc2N)c(=O)c1. The summed E-state index contributed by atoms with van der Waals surface area (Å²) in [6.45, 7) is 2.04. The van der Waals surface area contributed by atoms with Crippen molar-refractivity contribution in [3.8, 4) is 0 Å². The maximum Gasteiger partial charge on any atom is 0.269 e. The molecule has 2 aromatic rings. The minimum absolute atomic E-state index is 0.0376. The third-order valence-corrected chi connectivity index (χ3v) is 2.83. The Labute approximate surface area is 109 Å². The molecule has 0 aliphatic heterocycles. The Bertz CT molecular complexity index is 692. The standard InChI is InChI=1S/C13H13N3O3/c1-9-4-5-15(13(17)6-9)8-10-7-11(16(18)19)2-3-12(10)14/h2-7H,8,14H2,1H3. The minimum Gasteiger partial charge on any atom is -0.398 e. The quantitative estimate of drug-likeness (QED) is 0.516. The van der Waals surface area contributed by atoms with Crippen molar-refractivity contribution in [3.63, 3.8) is 0 Å². The highest BCUT2D eigenvalue weighted by Crippen LogP contribution is 2.20. The van der Waals surface area contributed by atoms with Crippen LogP contribution < -0.4 is 11.3 Å². The number of nitrogens with two attached hydrogens (primary N) is 1. The summed E-state index contributed by atoms with van der Waals surface area (Å²) in [7, 11) is 0. The smallest absolute Gasteiger partial charge is 0.269 e. The van der Waals surface area contributed by atoms with Gasteiger partial charge in [0.05, 0.1) is 11.5 Å². The van der Waals surface area contributed by atoms with Gasteiger partial charge < -0.3 is 10.3 Å². The van der Waals surface area contributed by atoms with Crippen LogP contribution in [-0.4, -0.2) is 9.49 Å². The number of nitrogen functional groups attached to an aromatic ring is 1. The van der Waals surface area contributed by atoms with E-state index in [4.69, 9.17) is 5.73 Å². The van der Waals surface area contributed by atoms with Gasteiger partial charge in [0.15, 0.2) is 0 Å². The van der Waals surface area contributed by atoms with Crippen molar-refractivity contribution < 1.29 is 4.92 Å². The van der Waals surface area contributed by atoms with Crippen LogP contribution in [0.3, 0.4) is 0 Å². The van der Waals surface area contributed by atoms with Crippen LogP contribution in [0.4, 0.5) is 11.4 Å². The summed E-state index contributed by atoms with van der Waals surface area (Å²) in [6, 6.07) is 7.52. The summed E-state index contributed by atoms with van der Waals surface area (Å²) in [5.41, 5.74) is 7.43. The van der Waals surface area contributed by atoms with Gasteiger partial charge in [0.1, 0.15) is 0 Å². The number of hydrogen-bond donors (Lipinski definition) is 1. The number of nitrogens with zero attached hydrogens (tertiary/aromatic N) is 2. The summed E-state index contributed by atoms with van der Waals surface area (Å²) in [5.74, 6) is 0. The van der Waals surface area contributed by atoms with Crippen molar-refractivity contribution >= 4 is 11.4 Å². The van der Waals surface area contributed by atoms with Crippen LogP contribution in [0.1, 0.15) is 11.1 Å². The average molecular weight is 259 g/mol. The molecule has 6 nitrogen and oxygen atoms in total. The van der Waals surface area contributed by atoms with Gasteiger partial charge in [-0.15, -0.1) is 0 Å². The van der Waals surface area contributed by atoms with Gasteiger partial charge in [0.25, 0.3) is 11.2 Å². The van der Waals surface area contributed by atoms with E-state index in [0.717, 1.165) is 5.56 Å². The molecule has 2 rings (SSSR count). The largest absolute Gasteiger partial charge is 0.398 e. The number of aryl methyl sites for hydroxylation is 1.